The second-order valence-electron chi connectivity index (χ2n) is 4.31. The van der Waals surface area contributed by atoms with Gasteiger partial charge in [-0.2, -0.15) is 0 Å². The molecule has 1 saturated carbocycles. The smallest absolute Gasteiger partial charge is 0.155 e. The Hall–Kier alpha value is 0.0600. The van der Waals surface area contributed by atoms with Gasteiger partial charge in [0.25, 0.3) is 0 Å². The Balaban J connectivity index is 2.27. The van der Waals surface area contributed by atoms with Crippen molar-refractivity contribution in [2.75, 3.05) is 6.16 Å². The number of aliphatic hydroxyl groups is 1. The highest BCUT2D eigenvalue weighted by atomic mass is 31.1. The molecule has 0 aromatic rings. The van der Waals surface area contributed by atoms with E-state index in [-0.39, 0.29) is 14.6 Å². The molecule has 1 atom stereocenters. The summed E-state index contributed by atoms with van der Waals surface area (Å²) in [5.74, 6) is 0.469. The summed E-state index contributed by atoms with van der Waals surface area (Å²) in [6.07, 6.45) is 9.96. The maximum absolute atomic E-state index is 10.3. The van der Waals surface area contributed by atoms with Crippen molar-refractivity contribution in [3.8, 4) is 0 Å². The maximum atomic E-state index is 10.3. The summed E-state index contributed by atoms with van der Waals surface area (Å²) in [5, 5.41) is 9.88. The summed E-state index contributed by atoms with van der Waals surface area (Å²) in [4.78, 5) is 0. The van der Waals surface area contributed by atoms with E-state index in [0.717, 1.165) is 12.8 Å². The fraction of sp³-hybridized carbons (Fsp3) is 1.00. The molecule has 1 aliphatic carbocycles. The van der Waals surface area contributed by atoms with Gasteiger partial charge in [-0.1, -0.05) is 32.1 Å². The van der Waals surface area contributed by atoms with E-state index in [1.807, 2.05) is 0 Å². The first-order valence-corrected chi connectivity index (χ1v) is 6.81. The Bertz CT molecular complexity index is 153. The van der Waals surface area contributed by atoms with Gasteiger partial charge in [-0.15, -0.1) is 0 Å². The van der Waals surface area contributed by atoms with Crippen LogP contribution in [0.15, 0.2) is 0 Å². The first-order chi connectivity index (χ1) is 6.84. The van der Waals surface area contributed by atoms with Gasteiger partial charge in [-0.05, 0) is 25.2 Å². The van der Waals surface area contributed by atoms with Crippen LogP contribution in [0.3, 0.4) is 0 Å². The lowest BCUT2D eigenvalue weighted by Crippen LogP contribution is -2.21. The molecule has 0 amide bonds. The normalized spacial score (nSPS) is 22.9. The molecule has 2 nitrogen and oxygen atoms in total. The van der Waals surface area contributed by atoms with E-state index >= 15 is 0 Å². The number of aliphatic hydroxyl groups excluding tert-OH is 1. The molecule has 3 heteroatoms. The van der Waals surface area contributed by atoms with E-state index in [9.17, 15) is 9.67 Å². The van der Waals surface area contributed by atoms with E-state index in [4.69, 9.17) is 0 Å². The summed E-state index contributed by atoms with van der Waals surface area (Å²) < 4.78 is 10.3. The second kappa shape index (κ2) is 7.36. The minimum absolute atomic E-state index is 0.172. The highest BCUT2D eigenvalue weighted by molar-refractivity contribution is 7.23. The van der Waals surface area contributed by atoms with Crippen LogP contribution < -0.4 is 0 Å². The van der Waals surface area contributed by atoms with Crippen molar-refractivity contribution >= 4 is 8.46 Å². The summed E-state index contributed by atoms with van der Waals surface area (Å²) >= 11 is 0. The van der Waals surface area contributed by atoms with Crippen LogP contribution in [-0.4, -0.2) is 17.4 Å². The Kier molecular flexibility index (Phi) is 6.38. The van der Waals surface area contributed by atoms with Gasteiger partial charge >= 0.3 is 0 Å². The van der Waals surface area contributed by atoms with Gasteiger partial charge in [0, 0.05) is 6.16 Å². The van der Waals surface area contributed by atoms with Crippen LogP contribution in [0, 0.1) is 5.92 Å². The molecule has 0 spiro atoms. The quantitative estimate of drug-likeness (QED) is 0.731. The molecule has 0 heterocycles. The lowest BCUT2D eigenvalue weighted by Gasteiger charge is -2.24. The molecule has 0 saturated heterocycles. The molecule has 0 aromatic carbocycles. The summed E-state index contributed by atoms with van der Waals surface area (Å²) in [6.45, 7) is 0. The van der Waals surface area contributed by atoms with E-state index in [2.05, 4.69) is 0 Å². The molecule has 1 rings (SSSR count). The molecule has 1 N–H and O–H groups in total. The lowest BCUT2D eigenvalue weighted by molar-refractivity contribution is 0.0885. The molecule has 14 heavy (non-hydrogen) atoms. The molecule has 0 radical (unpaired) electrons. The van der Waals surface area contributed by atoms with Gasteiger partial charge in [0.1, 0.15) is 0 Å². The summed E-state index contributed by atoms with van der Waals surface area (Å²) in [7, 11) is 0.172. The third-order valence-corrected chi connectivity index (χ3v) is 3.65. The SMILES string of the molecule is O=PCCC(O)C1CCCCCCC1. The van der Waals surface area contributed by atoms with Gasteiger partial charge in [0.2, 0.25) is 0 Å². The third kappa shape index (κ3) is 4.52. The zero-order valence-corrected chi connectivity index (χ0v) is 9.72. The zero-order valence-electron chi connectivity index (χ0n) is 8.82. The molecule has 1 unspecified atom stereocenters. The summed E-state index contributed by atoms with van der Waals surface area (Å²) in [6, 6.07) is 0. The minimum Gasteiger partial charge on any atom is -0.393 e. The van der Waals surface area contributed by atoms with Crippen LogP contribution >= 0.6 is 8.46 Å². The van der Waals surface area contributed by atoms with Crippen molar-refractivity contribution in [1.29, 1.82) is 0 Å². The van der Waals surface area contributed by atoms with Gasteiger partial charge in [0.15, 0.2) is 8.46 Å². The number of hydrogen-bond donors (Lipinski definition) is 1. The van der Waals surface area contributed by atoms with Gasteiger partial charge in [-0.25, -0.2) is 0 Å². The molecule has 1 aliphatic rings. The minimum atomic E-state index is -0.213. The Morgan fingerprint density at radius 1 is 1.14 bits per heavy atom. The Morgan fingerprint density at radius 3 is 2.29 bits per heavy atom. The van der Waals surface area contributed by atoms with Crippen LogP contribution in [0.1, 0.15) is 51.4 Å². The van der Waals surface area contributed by atoms with Crippen molar-refractivity contribution in [3.63, 3.8) is 0 Å². The number of hydrogen-bond acceptors (Lipinski definition) is 2. The Labute approximate surface area is 88.3 Å². The first-order valence-electron chi connectivity index (χ1n) is 5.82. The molecule has 82 valence electrons. The van der Waals surface area contributed by atoms with Crippen molar-refractivity contribution in [2.24, 2.45) is 5.92 Å². The largest absolute Gasteiger partial charge is 0.393 e. The molecule has 0 bridgehead atoms. The van der Waals surface area contributed by atoms with Crippen LogP contribution in [0.25, 0.3) is 0 Å². The van der Waals surface area contributed by atoms with Crippen molar-refractivity contribution in [2.45, 2.75) is 57.5 Å². The van der Waals surface area contributed by atoms with Crippen molar-refractivity contribution in [1.82, 2.24) is 0 Å². The zero-order chi connectivity index (χ0) is 10.2. The maximum Gasteiger partial charge on any atom is 0.155 e. The number of rotatable bonds is 4. The monoisotopic (exact) mass is 216 g/mol. The van der Waals surface area contributed by atoms with Crippen molar-refractivity contribution < 1.29 is 9.67 Å². The van der Waals surface area contributed by atoms with E-state index in [1.54, 1.807) is 0 Å². The Morgan fingerprint density at radius 2 is 1.71 bits per heavy atom. The van der Waals surface area contributed by atoms with Crippen LogP contribution in [0.5, 0.6) is 0 Å². The predicted molar refractivity (Wildman–Crippen MR) is 58.9 cm³/mol. The average Bonchev–Trinajstić information content (AvgIpc) is 2.13. The third-order valence-electron chi connectivity index (χ3n) is 3.21. The summed E-state index contributed by atoms with van der Waals surface area (Å²) in [5.41, 5.74) is 0. The molecule has 0 aromatic heterocycles. The lowest BCUT2D eigenvalue weighted by atomic mass is 9.86. The van der Waals surface area contributed by atoms with Gasteiger partial charge in [0.05, 0.1) is 6.10 Å². The predicted octanol–water partition coefficient (Wildman–Crippen LogP) is 3.39. The van der Waals surface area contributed by atoms with E-state index in [0.29, 0.717) is 18.5 Å². The van der Waals surface area contributed by atoms with Crippen LogP contribution in [0.2, 0.25) is 0 Å². The standard InChI is InChI=1S/C11H21O2P/c12-11(8-9-14-13)10-6-4-2-1-3-5-7-10/h10-12H,1-9H2. The fourth-order valence-corrected chi connectivity index (χ4v) is 2.66. The highest BCUT2D eigenvalue weighted by Crippen LogP contribution is 2.26. The topological polar surface area (TPSA) is 37.3 Å². The molecular weight excluding hydrogens is 195 g/mol. The second-order valence-corrected chi connectivity index (χ2v) is 5.02. The average molecular weight is 216 g/mol. The highest BCUT2D eigenvalue weighted by Gasteiger charge is 2.19. The van der Waals surface area contributed by atoms with Crippen LogP contribution in [-0.2, 0) is 4.57 Å². The van der Waals surface area contributed by atoms with Gasteiger partial charge < -0.3 is 5.11 Å². The molecule has 1 fully saturated rings. The van der Waals surface area contributed by atoms with E-state index in [1.165, 1.54) is 32.1 Å². The first kappa shape index (κ1) is 12.1. The molecule has 0 aliphatic heterocycles. The van der Waals surface area contributed by atoms with E-state index < -0.39 is 0 Å². The van der Waals surface area contributed by atoms with Crippen LogP contribution in [0.4, 0.5) is 0 Å². The van der Waals surface area contributed by atoms with Crippen molar-refractivity contribution in [3.05, 3.63) is 0 Å². The fourth-order valence-electron chi connectivity index (χ4n) is 2.29. The van der Waals surface area contributed by atoms with Gasteiger partial charge in [-0.3, -0.25) is 4.57 Å². The molecular formula is C11H21O2P.